The quantitative estimate of drug-likeness (QED) is 0.845. The lowest BCUT2D eigenvalue weighted by molar-refractivity contribution is -0.129. The van der Waals surface area contributed by atoms with Gasteiger partial charge in [-0.2, -0.15) is 0 Å². The van der Waals surface area contributed by atoms with Crippen molar-refractivity contribution in [1.82, 2.24) is 5.32 Å². The Morgan fingerprint density at radius 3 is 2.73 bits per heavy atom. The van der Waals surface area contributed by atoms with E-state index in [2.05, 4.69) is 5.32 Å². The topological polar surface area (TPSA) is 68.5 Å². The minimum Gasteiger partial charge on any atom is -0.467 e. The van der Waals surface area contributed by atoms with Gasteiger partial charge < -0.3 is 14.5 Å². The fourth-order valence-corrected chi connectivity index (χ4v) is 2.15. The van der Waals surface area contributed by atoms with Crippen molar-refractivity contribution in [3.63, 3.8) is 0 Å². The molecule has 0 fully saturated rings. The molecule has 7 heteroatoms. The van der Waals surface area contributed by atoms with Gasteiger partial charge in [0.25, 0.3) is 5.91 Å². The Morgan fingerprint density at radius 1 is 1.32 bits per heavy atom. The van der Waals surface area contributed by atoms with Crippen molar-refractivity contribution in [2.24, 2.45) is 0 Å². The van der Waals surface area contributed by atoms with Crippen LogP contribution in [0.1, 0.15) is 23.0 Å². The van der Waals surface area contributed by atoms with Crippen LogP contribution in [-0.2, 0) is 16.1 Å². The number of hydrogen-bond acceptors (Lipinski definition) is 4. The van der Waals surface area contributed by atoms with Crippen molar-refractivity contribution in [2.45, 2.75) is 19.6 Å². The van der Waals surface area contributed by atoms with Crippen LogP contribution < -0.4 is 5.32 Å². The molecular weight excluding hydrogens is 329 g/mol. The molecule has 5 nitrogen and oxygen atoms in total. The third kappa shape index (κ3) is 4.26. The molecule has 0 saturated carbocycles. The summed E-state index contributed by atoms with van der Waals surface area (Å²) < 4.78 is 10.2. The van der Waals surface area contributed by atoms with E-state index in [9.17, 15) is 9.59 Å². The fourth-order valence-electron chi connectivity index (χ4n) is 1.66. The third-order valence-electron chi connectivity index (χ3n) is 2.82. The summed E-state index contributed by atoms with van der Waals surface area (Å²) in [6, 6.07) is 7.84. The van der Waals surface area contributed by atoms with Crippen LogP contribution >= 0.6 is 23.2 Å². The zero-order valence-corrected chi connectivity index (χ0v) is 13.1. The smallest absolute Gasteiger partial charge is 0.340 e. The van der Waals surface area contributed by atoms with E-state index >= 15 is 0 Å². The first kappa shape index (κ1) is 16.4. The fraction of sp³-hybridized carbons (Fsp3) is 0.200. The van der Waals surface area contributed by atoms with E-state index in [-0.39, 0.29) is 17.1 Å². The van der Waals surface area contributed by atoms with Crippen LogP contribution in [0.4, 0.5) is 0 Å². The van der Waals surface area contributed by atoms with Gasteiger partial charge in [0, 0.05) is 5.02 Å². The van der Waals surface area contributed by atoms with Crippen molar-refractivity contribution in [2.75, 3.05) is 0 Å². The first-order chi connectivity index (χ1) is 10.5. The number of hydrogen-bond donors (Lipinski definition) is 1. The first-order valence-corrected chi connectivity index (χ1v) is 7.19. The molecule has 1 heterocycles. The lowest BCUT2D eigenvalue weighted by Gasteiger charge is -2.13. The van der Waals surface area contributed by atoms with Gasteiger partial charge in [-0.1, -0.05) is 23.2 Å². The number of amides is 1. The summed E-state index contributed by atoms with van der Waals surface area (Å²) in [7, 11) is 0. The van der Waals surface area contributed by atoms with Gasteiger partial charge in [0.2, 0.25) is 0 Å². The van der Waals surface area contributed by atoms with Gasteiger partial charge in [-0.25, -0.2) is 4.79 Å². The van der Waals surface area contributed by atoms with Gasteiger partial charge in [-0.15, -0.1) is 0 Å². The van der Waals surface area contributed by atoms with Crippen molar-refractivity contribution in [3.8, 4) is 0 Å². The lowest BCUT2D eigenvalue weighted by atomic mass is 10.2. The van der Waals surface area contributed by atoms with Crippen LogP contribution in [-0.4, -0.2) is 18.0 Å². The molecule has 0 saturated heterocycles. The van der Waals surface area contributed by atoms with Gasteiger partial charge in [0.15, 0.2) is 6.10 Å². The first-order valence-electron chi connectivity index (χ1n) is 6.43. The predicted octanol–water partition coefficient (Wildman–Crippen LogP) is 3.45. The molecule has 0 spiro atoms. The van der Waals surface area contributed by atoms with Gasteiger partial charge in [-0.3, -0.25) is 4.79 Å². The number of ether oxygens (including phenoxy) is 1. The Labute approximate surface area is 137 Å². The average molecular weight is 342 g/mol. The van der Waals surface area contributed by atoms with Crippen LogP contribution in [0, 0.1) is 0 Å². The van der Waals surface area contributed by atoms with E-state index in [1.165, 1.54) is 31.4 Å². The van der Waals surface area contributed by atoms with Crippen molar-refractivity contribution in [3.05, 3.63) is 58.0 Å². The van der Waals surface area contributed by atoms with E-state index in [0.29, 0.717) is 10.8 Å². The minimum atomic E-state index is -0.964. The summed E-state index contributed by atoms with van der Waals surface area (Å²) in [5.74, 6) is -0.523. The molecule has 22 heavy (non-hydrogen) atoms. The molecule has 1 aromatic carbocycles. The highest BCUT2D eigenvalue weighted by Gasteiger charge is 2.20. The number of benzene rings is 1. The maximum absolute atomic E-state index is 12.0. The molecule has 0 aliphatic heterocycles. The SMILES string of the molecule is C[C@H](OC(=O)c1ccc(Cl)cc1Cl)C(=O)NCc1ccco1. The summed E-state index contributed by atoms with van der Waals surface area (Å²) in [6.45, 7) is 1.69. The number of esters is 1. The highest BCUT2D eigenvalue weighted by molar-refractivity contribution is 6.36. The van der Waals surface area contributed by atoms with E-state index in [4.69, 9.17) is 32.4 Å². The third-order valence-corrected chi connectivity index (χ3v) is 3.37. The van der Waals surface area contributed by atoms with Crippen molar-refractivity contribution >= 4 is 35.1 Å². The Hall–Kier alpha value is -1.98. The molecule has 0 aliphatic carbocycles. The standard InChI is InChI=1S/C15H13Cl2NO4/c1-9(14(19)18-8-11-3-2-6-21-11)22-15(20)12-5-4-10(16)7-13(12)17/h2-7,9H,8H2,1H3,(H,18,19)/t9-/m0/s1. The molecule has 116 valence electrons. The minimum absolute atomic E-state index is 0.150. The number of nitrogens with one attached hydrogen (secondary N) is 1. The summed E-state index contributed by atoms with van der Waals surface area (Å²) in [5.41, 5.74) is 0.150. The molecule has 1 aromatic heterocycles. The number of carbonyl (C=O) groups excluding carboxylic acids is 2. The second-order valence-electron chi connectivity index (χ2n) is 4.47. The monoisotopic (exact) mass is 341 g/mol. The van der Waals surface area contributed by atoms with Gasteiger partial charge in [0.05, 0.1) is 23.4 Å². The number of rotatable bonds is 5. The summed E-state index contributed by atoms with van der Waals surface area (Å²) in [5, 5.41) is 3.18. The number of furan rings is 1. The molecule has 2 aromatic rings. The van der Waals surface area contributed by atoms with E-state index < -0.39 is 18.0 Å². The maximum atomic E-state index is 12.0. The van der Waals surface area contributed by atoms with Crippen molar-refractivity contribution < 1.29 is 18.7 Å². The van der Waals surface area contributed by atoms with Gasteiger partial charge >= 0.3 is 5.97 Å². The van der Waals surface area contributed by atoms with Crippen LogP contribution in [0.15, 0.2) is 41.0 Å². The highest BCUT2D eigenvalue weighted by Crippen LogP contribution is 2.22. The molecule has 2 rings (SSSR count). The molecule has 1 N–H and O–H groups in total. The van der Waals surface area contributed by atoms with Gasteiger partial charge in [0.1, 0.15) is 5.76 Å². The Kier molecular flexibility index (Phi) is 5.46. The second kappa shape index (κ2) is 7.33. The lowest BCUT2D eigenvalue weighted by Crippen LogP contribution is -2.35. The molecule has 0 aliphatic rings. The Bertz CT molecular complexity index is 670. The zero-order chi connectivity index (χ0) is 16.1. The van der Waals surface area contributed by atoms with E-state index in [1.807, 2.05) is 0 Å². The maximum Gasteiger partial charge on any atom is 0.340 e. The van der Waals surface area contributed by atoms with Crippen LogP contribution in [0.3, 0.4) is 0 Å². The highest BCUT2D eigenvalue weighted by atomic mass is 35.5. The normalized spacial score (nSPS) is 11.8. The largest absolute Gasteiger partial charge is 0.467 e. The van der Waals surface area contributed by atoms with Crippen LogP contribution in [0.5, 0.6) is 0 Å². The molecule has 0 bridgehead atoms. The molecule has 0 radical (unpaired) electrons. The molecule has 0 unspecified atom stereocenters. The number of halogens is 2. The average Bonchev–Trinajstić information content (AvgIpc) is 2.97. The molecule has 1 atom stereocenters. The van der Waals surface area contributed by atoms with E-state index in [1.54, 1.807) is 12.1 Å². The summed E-state index contributed by atoms with van der Waals surface area (Å²) in [6.07, 6.45) is 0.544. The Morgan fingerprint density at radius 2 is 2.09 bits per heavy atom. The van der Waals surface area contributed by atoms with Crippen LogP contribution in [0.25, 0.3) is 0 Å². The van der Waals surface area contributed by atoms with Crippen molar-refractivity contribution in [1.29, 1.82) is 0 Å². The molecule has 1 amide bonds. The molecular formula is C15H13Cl2NO4. The summed E-state index contributed by atoms with van der Waals surface area (Å²) in [4.78, 5) is 23.8. The summed E-state index contributed by atoms with van der Waals surface area (Å²) >= 11 is 11.7. The number of carbonyl (C=O) groups is 2. The second-order valence-corrected chi connectivity index (χ2v) is 5.31. The van der Waals surface area contributed by atoms with E-state index in [0.717, 1.165) is 0 Å². The predicted molar refractivity (Wildman–Crippen MR) is 81.9 cm³/mol. The zero-order valence-electron chi connectivity index (χ0n) is 11.6. The van der Waals surface area contributed by atoms with Gasteiger partial charge in [-0.05, 0) is 37.3 Å². The van der Waals surface area contributed by atoms with Crippen LogP contribution in [0.2, 0.25) is 10.0 Å². The Balaban J connectivity index is 1.91.